The van der Waals surface area contributed by atoms with Crippen LogP contribution in [0, 0.1) is 0 Å². The second kappa shape index (κ2) is 4.93. The number of anilines is 1. The van der Waals surface area contributed by atoms with Gasteiger partial charge in [0.1, 0.15) is 11.6 Å². The van der Waals surface area contributed by atoms with Crippen molar-refractivity contribution in [2.45, 2.75) is 13.0 Å². The summed E-state index contributed by atoms with van der Waals surface area (Å²) < 4.78 is 2.08. The van der Waals surface area contributed by atoms with Crippen LogP contribution in [0.15, 0.2) is 43.2 Å². The van der Waals surface area contributed by atoms with Crippen molar-refractivity contribution in [1.82, 2.24) is 24.5 Å². The van der Waals surface area contributed by atoms with Crippen LogP contribution in [0.25, 0.3) is 11.3 Å². The van der Waals surface area contributed by atoms with E-state index >= 15 is 0 Å². The predicted molar refractivity (Wildman–Crippen MR) is 72.2 cm³/mol. The normalized spacial score (nSPS) is 10.7. The molecule has 0 aliphatic carbocycles. The van der Waals surface area contributed by atoms with Crippen molar-refractivity contribution in [3.05, 3.63) is 49.1 Å². The SMILES string of the molecule is Nc1cc(-c2cncn2CCc2ncc[nH]2)ccn1. The minimum atomic E-state index is 0.510. The largest absolute Gasteiger partial charge is 0.384 e. The van der Waals surface area contributed by atoms with Gasteiger partial charge in [-0.2, -0.15) is 0 Å². The van der Waals surface area contributed by atoms with Crippen LogP contribution in [0.1, 0.15) is 5.82 Å². The summed E-state index contributed by atoms with van der Waals surface area (Å²) in [5, 5.41) is 0. The summed E-state index contributed by atoms with van der Waals surface area (Å²) in [5.74, 6) is 1.48. The van der Waals surface area contributed by atoms with Crippen LogP contribution in [0.5, 0.6) is 0 Å². The van der Waals surface area contributed by atoms with E-state index in [1.807, 2.05) is 30.9 Å². The number of hydrogen-bond acceptors (Lipinski definition) is 4. The molecule has 0 radical (unpaired) electrons. The van der Waals surface area contributed by atoms with Crippen LogP contribution in [0.3, 0.4) is 0 Å². The number of rotatable bonds is 4. The lowest BCUT2D eigenvalue weighted by atomic mass is 10.2. The molecule has 0 atom stereocenters. The molecule has 0 bridgehead atoms. The summed E-state index contributed by atoms with van der Waals surface area (Å²) in [4.78, 5) is 15.5. The lowest BCUT2D eigenvalue weighted by Crippen LogP contribution is -2.03. The van der Waals surface area contributed by atoms with E-state index in [1.54, 1.807) is 12.4 Å². The van der Waals surface area contributed by atoms with Gasteiger partial charge in [-0.25, -0.2) is 15.0 Å². The van der Waals surface area contributed by atoms with Crippen molar-refractivity contribution in [3.8, 4) is 11.3 Å². The van der Waals surface area contributed by atoms with Gasteiger partial charge in [-0.15, -0.1) is 0 Å². The molecule has 3 rings (SSSR count). The highest BCUT2D eigenvalue weighted by Gasteiger charge is 2.06. The fraction of sp³-hybridized carbons (Fsp3) is 0.154. The molecule has 0 spiro atoms. The molecule has 3 aromatic heterocycles. The van der Waals surface area contributed by atoms with E-state index in [9.17, 15) is 0 Å². The molecule has 0 amide bonds. The fourth-order valence-corrected chi connectivity index (χ4v) is 2.01. The van der Waals surface area contributed by atoms with E-state index in [-0.39, 0.29) is 0 Å². The van der Waals surface area contributed by atoms with E-state index in [2.05, 4.69) is 24.5 Å². The molecule has 0 aliphatic heterocycles. The van der Waals surface area contributed by atoms with Crippen LogP contribution in [-0.4, -0.2) is 24.5 Å². The van der Waals surface area contributed by atoms with Crippen LogP contribution < -0.4 is 5.73 Å². The Hall–Kier alpha value is -2.63. The van der Waals surface area contributed by atoms with Gasteiger partial charge >= 0.3 is 0 Å². The minimum absolute atomic E-state index is 0.510. The van der Waals surface area contributed by atoms with Crippen LogP contribution in [0.4, 0.5) is 5.82 Å². The van der Waals surface area contributed by atoms with Crippen LogP contribution in [-0.2, 0) is 13.0 Å². The topological polar surface area (TPSA) is 85.4 Å². The molecule has 6 heteroatoms. The summed E-state index contributed by atoms with van der Waals surface area (Å²) >= 11 is 0. The molecule has 0 saturated carbocycles. The van der Waals surface area contributed by atoms with Gasteiger partial charge in [0.25, 0.3) is 0 Å². The van der Waals surface area contributed by atoms with Gasteiger partial charge in [-0.1, -0.05) is 0 Å². The number of hydrogen-bond donors (Lipinski definition) is 2. The molecular weight excluding hydrogens is 240 g/mol. The van der Waals surface area contributed by atoms with Crippen molar-refractivity contribution in [2.75, 3.05) is 5.73 Å². The van der Waals surface area contributed by atoms with E-state index in [0.29, 0.717) is 5.82 Å². The summed E-state index contributed by atoms with van der Waals surface area (Å²) in [7, 11) is 0. The van der Waals surface area contributed by atoms with Gasteiger partial charge < -0.3 is 15.3 Å². The van der Waals surface area contributed by atoms with Gasteiger partial charge in [0, 0.05) is 37.1 Å². The van der Waals surface area contributed by atoms with Crippen molar-refractivity contribution in [1.29, 1.82) is 0 Å². The molecule has 0 fully saturated rings. The van der Waals surface area contributed by atoms with E-state index < -0.39 is 0 Å². The number of nitrogens with zero attached hydrogens (tertiary/aromatic N) is 4. The second-order valence-corrected chi connectivity index (χ2v) is 4.23. The lowest BCUT2D eigenvalue weighted by molar-refractivity contribution is 0.681. The maximum atomic E-state index is 5.71. The molecule has 19 heavy (non-hydrogen) atoms. The summed E-state index contributed by atoms with van der Waals surface area (Å²) in [6.07, 6.45) is 9.76. The minimum Gasteiger partial charge on any atom is -0.384 e. The highest BCUT2D eigenvalue weighted by molar-refractivity contribution is 5.61. The number of pyridine rings is 1. The summed E-state index contributed by atoms with van der Waals surface area (Å²) in [6, 6.07) is 3.77. The van der Waals surface area contributed by atoms with Gasteiger partial charge in [0.2, 0.25) is 0 Å². The molecule has 3 N–H and O–H groups in total. The van der Waals surface area contributed by atoms with Crippen molar-refractivity contribution >= 4 is 5.82 Å². The fourth-order valence-electron chi connectivity index (χ4n) is 2.01. The van der Waals surface area contributed by atoms with Crippen LogP contribution in [0.2, 0.25) is 0 Å². The third kappa shape index (κ3) is 2.47. The average Bonchev–Trinajstić information content (AvgIpc) is 3.08. The average molecular weight is 254 g/mol. The Bertz CT molecular complexity index is 655. The highest BCUT2D eigenvalue weighted by Crippen LogP contribution is 2.20. The first-order valence-corrected chi connectivity index (χ1v) is 6.03. The van der Waals surface area contributed by atoms with Crippen LogP contribution >= 0.6 is 0 Å². The Morgan fingerprint density at radius 1 is 1.26 bits per heavy atom. The Morgan fingerprint density at radius 3 is 3.00 bits per heavy atom. The summed E-state index contributed by atoms with van der Waals surface area (Å²) in [5.41, 5.74) is 7.76. The smallest absolute Gasteiger partial charge is 0.123 e. The first-order chi connectivity index (χ1) is 9.33. The van der Waals surface area contributed by atoms with Gasteiger partial charge in [0.05, 0.1) is 18.2 Å². The molecule has 0 aliphatic rings. The van der Waals surface area contributed by atoms with E-state index in [0.717, 1.165) is 30.0 Å². The van der Waals surface area contributed by atoms with Gasteiger partial charge in [-0.05, 0) is 12.1 Å². The Labute approximate surface area is 110 Å². The molecule has 0 unspecified atom stereocenters. The van der Waals surface area contributed by atoms with E-state index in [1.165, 1.54) is 0 Å². The zero-order valence-corrected chi connectivity index (χ0v) is 10.3. The number of nitrogens with one attached hydrogen (secondary N) is 1. The molecule has 0 saturated heterocycles. The quantitative estimate of drug-likeness (QED) is 0.738. The number of aromatic nitrogens is 5. The third-order valence-electron chi connectivity index (χ3n) is 2.93. The number of nitrogen functional groups attached to an aromatic ring is 1. The van der Waals surface area contributed by atoms with E-state index in [4.69, 9.17) is 5.73 Å². The molecule has 96 valence electrons. The summed E-state index contributed by atoms with van der Waals surface area (Å²) in [6.45, 7) is 0.811. The molecular formula is C13H14N6. The second-order valence-electron chi connectivity index (χ2n) is 4.23. The Kier molecular flexibility index (Phi) is 2.97. The first kappa shape index (κ1) is 11.5. The Balaban J connectivity index is 1.82. The third-order valence-corrected chi connectivity index (χ3v) is 2.93. The maximum Gasteiger partial charge on any atom is 0.123 e. The number of H-pyrrole nitrogens is 1. The molecule has 3 heterocycles. The standard InChI is InChI=1S/C13H14N6/c14-12-7-10(1-3-16-12)11-8-15-9-19(11)6-2-13-17-4-5-18-13/h1,3-5,7-9H,2,6H2,(H2,14,16)(H,17,18). The molecule has 6 nitrogen and oxygen atoms in total. The number of aromatic amines is 1. The highest BCUT2D eigenvalue weighted by atomic mass is 15.0. The lowest BCUT2D eigenvalue weighted by Gasteiger charge is -2.07. The zero-order valence-electron chi connectivity index (χ0n) is 10.3. The molecule has 3 aromatic rings. The van der Waals surface area contributed by atoms with Crippen molar-refractivity contribution in [3.63, 3.8) is 0 Å². The predicted octanol–water partition coefficient (Wildman–Crippen LogP) is 1.49. The Morgan fingerprint density at radius 2 is 2.21 bits per heavy atom. The number of nitrogens with two attached hydrogens (primary N) is 1. The van der Waals surface area contributed by atoms with Gasteiger partial charge in [-0.3, -0.25) is 0 Å². The number of imidazole rings is 2. The van der Waals surface area contributed by atoms with Crippen molar-refractivity contribution < 1.29 is 0 Å². The number of aryl methyl sites for hydroxylation is 2. The molecule has 0 aromatic carbocycles. The zero-order chi connectivity index (χ0) is 13.1. The van der Waals surface area contributed by atoms with Gasteiger partial charge in [0.15, 0.2) is 0 Å². The monoisotopic (exact) mass is 254 g/mol. The first-order valence-electron chi connectivity index (χ1n) is 6.03. The van der Waals surface area contributed by atoms with Crippen molar-refractivity contribution in [2.24, 2.45) is 0 Å². The maximum absolute atomic E-state index is 5.71.